The third-order valence-corrected chi connectivity index (χ3v) is 3.70. The summed E-state index contributed by atoms with van der Waals surface area (Å²) < 4.78 is 5.22. The first-order valence-corrected chi connectivity index (χ1v) is 7.19. The summed E-state index contributed by atoms with van der Waals surface area (Å²) in [7, 11) is 1.77. The van der Waals surface area contributed by atoms with Crippen LogP contribution in [-0.2, 0) is 11.2 Å². The molecule has 1 aliphatic rings. The van der Waals surface area contributed by atoms with Crippen molar-refractivity contribution in [3.8, 4) is 0 Å². The second kappa shape index (κ2) is 6.40. The summed E-state index contributed by atoms with van der Waals surface area (Å²) in [5, 5.41) is 3.62. The molecule has 0 amide bonds. The number of anilines is 1. The van der Waals surface area contributed by atoms with Crippen molar-refractivity contribution < 1.29 is 4.74 Å². The lowest BCUT2D eigenvalue weighted by atomic mass is 10.0. The van der Waals surface area contributed by atoms with Crippen LogP contribution in [0.15, 0.2) is 24.3 Å². The minimum atomic E-state index is 0.171. The molecule has 0 aromatic heterocycles. The molecule has 19 heavy (non-hydrogen) atoms. The number of rotatable bonds is 4. The molecule has 0 atom stereocenters. The molecular weight excluding hydrogens is 236 g/mol. The summed E-state index contributed by atoms with van der Waals surface area (Å²) in [6.07, 6.45) is 2.18. The standard InChI is InChI=1S/C16H26N2O/c1-16(2)13-18(11-6-10-17-16)15-8-5-4-7-14(15)9-12-19-3/h4-5,7-8,17H,6,9-13H2,1-3H3. The minimum absolute atomic E-state index is 0.171. The van der Waals surface area contributed by atoms with Crippen molar-refractivity contribution in [2.75, 3.05) is 38.3 Å². The summed E-state index contributed by atoms with van der Waals surface area (Å²) in [4.78, 5) is 2.52. The van der Waals surface area contributed by atoms with Gasteiger partial charge >= 0.3 is 0 Å². The Morgan fingerprint density at radius 2 is 2.11 bits per heavy atom. The van der Waals surface area contributed by atoms with Crippen LogP contribution in [0.3, 0.4) is 0 Å². The van der Waals surface area contributed by atoms with Gasteiger partial charge in [0, 0.05) is 31.4 Å². The Balaban J connectivity index is 2.19. The van der Waals surface area contributed by atoms with E-state index in [-0.39, 0.29) is 5.54 Å². The molecule has 1 saturated heterocycles. The Morgan fingerprint density at radius 3 is 2.89 bits per heavy atom. The van der Waals surface area contributed by atoms with Gasteiger partial charge in [-0.25, -0.2) is 0 Å². The van der Waals surface area contributed by atoms with Crippen LogP contribution in [0, 0.1) is 0 Å². The van der Waals surface area contributed by atoms with Crippen molar-refractivity contribution in [2.45, 2.75) is 32.2 Å². The lowest BCUT2D eigenvalue weighted by Gasteiger charge is -2.32. The maximum atomic E-state index is 5.22. The van der Waals surface area contributed by atoms with Crippen molar-refractivity contribution in [2.24, 2.45) is 0 Å². The fourth-order valence-electron chi connectivity index (χ4n) is 2.76. The molecule has 1 heterocycles. The summed E-state index contributed by atoms with van der Waals surface area (Å²) in [6, 6.07) is 8.72. The number of para-hydroxylation sites is 1. The zero-order valence-electron chi connectivity index (χ0n) is 12.4. The predicted octanol–water partition coefficient (Wildman–Crippen LogP) is 2.45. The number of methoxy groups -OCH3 is 1. The number of hydrogen-bond donors (Lipinski definition) is 1. The van der Waals surface area contributed by atoms with Crippen LogP contribution in [-0.4, -0.2) is 38.9 Å². The van der Waals surface area contributed by atoms with Gasteiger partial charge in [0.25, 0.3) is 0 Å². The zero-order chi connectivity index (χ0) is 13.7. The van der Waals surface area contributed by atoms with Gasteiger partial charge in [0.1, 0.15) is 0 Å². The Morgan fingerprint density at radius 1 is 1.32 bits per heavy atom. The van der Waals surface area contributed by atoms with E-state index in [1.54, 1.807) is 7.11 Å². The molecule has 0 spiro atoms. The predicted molar refractivity (Wildman–Crippen MR) is 80.9 cm³/mol. The van der Waals surface area contributed by atoms with E-state index in [1.165, 1.54) is 17.7 Å². The first-order chi connectivity index (χ1) is 9.12. The van der Waals surface area contributed by atoms with Gasteiger partial charge in [0.2, 0.25) is 0 Å². The third-order valence-electron chi connectivity index (χ3n) is 3.70. The molecule has 1 aromatic rings. The molecule has 3 nitrogen and oxygen atoms in total. The Hall–Kier alpha value is -1.06. The second-order valence-electron chi connectivity index (χ2n) is 5.96. The van der Waals surface area contributed by atoms with E-state index in [2.05, 4.69) is 48.3 Å². The molecule has 1 fully saturated rings. The summed E-state index contributed by atoms with van der Waals surface area (Å²) >= 11 is 0. The summed E-state index contributed by atoms with van der Waals surface area (Å²) in [6.45, 7) is 8.62. The highest BCUT2D eigenvalue weighted by Gasteiger charge is 2.24. The van der Waals surface area contributed by atoms with Gasteiger partial charge in [0.15, 0.2) is 0 Å². The van der Waals surface area contributed by atoms with E-state index in [4.69, 9.17) is 4.74 Å². The molecule has 2 rings (SSSR count). The maximum Gasteiger partial charge on any atom is 0.0503 e. The number of nitrogens with zero attached hydrogens (tertiary/aromatic N) is 1. The van der Waals surface area contributed by atoms with Crippen molar-refractivity contribution in [3.05, 3.63) is 29.8 Å². The molecule has 1 N–H and O–H groups in total. The number of hydrogen-bond acceptors (Lipinski definition) is 3. The number of nitrogens with one attached hydrogen (secondary N) is 1. The van der Waals surface area contributed by atoms with Crippen LogP contribution >= 0.6 is 0 Å². The van der Waals surface area contributed by atoms with Crippen LogP contribution in [0.4, 0.5) is 5.69 Å². The van der Waals surface area contributed by atoms with Gasteiger partial charge in [-0.05, 0) is 44.9 Å². The normalized spacial score (nSPS) is 19.2. The van der Waals surface area contributed by atoms with Crippen LogP contribution in [0.5, 0.6) is 0 Å². The Kier molecular flexibility index (Phi) is 4.83. The van der Waals surface area contributed by atoms with E-state index < -0.39 is 0 Å². The van der Waals surface area contributed by atoms with Crippen molar-refractivity contribution >= 4 is 5.69 Å². The van der Waals surface area contributed by atoms with Gasteiger partial charge in [-0.3, -0.25) is 0 Å². The number of ether oxygens (including phenoxy) is 1. The van der Waals surface area contributed by atoms with E-state index in [1.807, 2.05) is 0 Å². The average molecular weight is 262 g/mol. The van der Waals surface area contributed by atoms with Crippen molar-refractivity contribution in [1.82, 2.24) is 5.32 Å². The van der Waals surface area contributed by atoms with Gasteiger partial charge < -0.3 is 15.0 Å². The maximum absolute atomic E-state index is 5.22. The molecular formula is C16H26N2O. The second-order valence-corrected chi connectivity index (χ2v) is 5.96. The van der Waals surface area contributed by atoms with E-state index >= 15 is 0 Å². The van der Waals surface area contributed by atoms with Gasteiger partial charge in [-0.1, -0.05) is 18.2 Å². The lowest BCUT2D eigenvalue weighted by molar-refractivity contribution is 0.202. The molecule has 1 aromatic carbocycles. The highest BCUT2D eigenvalue weighted by Crippen LogP contribution is 2.24. The highest BCUT2D eigenvalue weighted by atomic mass is 16.5. The average Bonchev–Trinajstić information content (AvgIpc) is 2.57. The molecule has 0 saturated carbocycles. The molecule has 106 valence electrons. The zero-order valence-corrected chi connectivity index (χ0v) is 12.4. The van der Waals surface area contributed by atoms with Crippen LogP contribution < -0.4 is 10.2 Å². The van der Waals surface area contributed by atoms with Crippen molar-refractivity contribution in [3.63, 3.8) is 0 Å². The smallest absolute Gasteiger partial charge is 0.0503 e. The summed E-state index contributed by atoms with van der Waals surface area (Å²) in [5.41, 5.74) is 2.93. The van der Waals surface area contributed by atoms with E-state index in [0.717, 1.165) is 32.7 Å². The fraction of sp³-hybridized carbons (Fsp3) is 0.625. The van der Waals surface area contributed by atoms with Gasteiger partial charge in [-0.2, -0.15) is 0 Å². The van der Waals surface area contributed by atoms with Gasteiger partial charge in [0.05, 0.1) is 6.61 Å². The molecule has 0 aliphatic carbocycles. The largest absolute Gasteiger partial charge is 0.384 e. The topological polar surface area (TPSA) is 24.5 Å². The Bertz CT molecular complexity index is 403. The third kappa shape index (κ3) is 3.95. The van der Waals surface area contributed by atoms with E-state index in [0.29, 0.717) is 0 Å². The van der Waals surface area contributed by atoms with Crippen LogP contribution in [0.1, 0.15) is 25.8 Å². The van der Waals surface area contributed by atoms with E-state index in [9.17, 15) is 0 Å². The summed E-state index contributed by atoms with van der Waals surface area (Å²) in [5.74, 6) is 0. The SMILES string of the molecule is COCCc1ccccc1N1CCCNC(C)(C)C1. The van der Waals surface area contributed by atoms with Crippen molar-refractivity contribution in [1.29, 1.82) is 0 Å². The number of benzene rings is 1. The molecule has 1 aliphatic heterocycles. The Labute approximate surface area is 116 Å². The first-order valence-electron chi connectivity index (χ1n) is 7.19. The first kappa shape index (κ1) is 14.4. The minimum Gasteiger partial charge on any atom is -0.384 e. The quantitative estimate of drug-likeness (QED) is 0.902. The molecule has 0 radical (unpaired) electrons. The molecule has 0 bridgehead atoms. The molecule has 3 heteroatoms. The van der Waals surface area contributed by atoms with Gasteiger partial charge in [-0.15, -0.1) is 0 Å². The monoisotopic (exact) mass is 262 g/mol. The molecule has 0 unspecified atom stereocenters. The van der Waals surface area contributed by atoms with Crippen LogP contribution in [0.25, 0.3) is 0 Å². The highest BCUT2D eigenvalue weighted by molar-refractivity contribution is 5.54. The lowest BCUT2D eigenvalue weighted by Crippen LogP contribution is -2.46. The van der Waals surface area contributed by atoms with Crippen LogP contribution in [0.2, 0.25) is 0 Å². The fourth-order valence-corrected chi connectivity index (χ4v) is 2.76.